The molecule has 0 amide bonds. The highest BCUT2D eigenvalue weighted by atomic mass is 32.2. The minimum atomic E-state index is -2.14. The van der Waals surface area contributed by atoms with Gasteiger partial charge in [0.2, 0.25) is 0 Å². The fourth-order valence-electron chi connectivity index (χ4n) is 0.781. The SMILES string of the molecule is CSNc1cccc(S(=O)[O-])c1. The predicted molar refractivity (Wildman–Crippen MR) is 50.8 cm³/mol. The van der Waals surface area contributed by atoms with Gasteiger partial charge in [0.05, 0.1) is 0 Å². The number of rotatable bonds is 3. The summed E-state index contributed by atoms with van der Waals surface area (Å²) in [6.45, 7) is 0. The Kier molecular flexibility index (Phi) is 3.58. The average Bonchev–Trinajstić information content (AvgIpc) is 2.05. The molecule has 1 rings (SSSR count). The molecule has 0 aliphatic heterocycles. The van der Waals surface area contributed by atoms with Crippen molar-refractivity contribution in [2.75, 3.05) is 11.0 Å². The van der Waals surface area contributed by atoms with Crippen LogP contribution in [0.5, 0.6) is 0 Å². The minimum Gasteiger partial charge on any atom is -0.768 e. The standard InChI is InChI=1S/C7H9NO2S2/c1-11-8-6-3-2-4-7(5-6)12(9)10/h2-5,8H,1H3,(H,9,10)/p-1. The zero-order valence-electron chi connectivity index (χ0n) is 6.44. The molecule has 66 valence electrons. The third-order valence-corrected chi connectivity index (χ3v) is 2.33. The smallest absolute Gasteiger partial charge is 0.0451 e. The maximum atomic E-state index is 10.5. The summed E-state index contributed by atoms with van der Waals surface area (Å²) in [4.78, 5) is 0.300. The molecule has 5 heteroatoms. The monoisotopic (exact) mass is 202 g/mol. The van der Waals surface area contributed by atoms with E-state index in [0.29, 0.717) is 4.90 Å². The van der Waals surface area contributed by atoms with Crippen LogP contribution < -0.4 is 4.72 Å². The van der Waals surface area contributed by atoms with Gasteiger partial charge in [-0.05, 0) is 29.3 Å². The van der Waals surface area contributed by atoms with E-state index in [1.165, 1.54) is 11.9 Å². The molecule has 1 unspecified atom stereocenters. The van der Waals surface area contributed by atoms with Gasteiger partial charge in [0.25, 0.3) is 0 Å². The van der Waals surface area contributed by atoms with Crippen molar-refractivity contribution in [3.8, 4) is 0 Å². The van der Waals surface area contributed by atoms with E-state index in [-0.39, 0.29) is 0 Å². The van der Waals surface area contributed by atoms with Crippen LogP contribution >= 0.6 is 11.9 Å². The highest BCUT2D eigenvalue weighted by Gasteiger charge is 1.93. The van der Waals surface area contributed by atoms with Crippen molar-refractivity contribution in [1.82, 2.24) is 0 Å². The number of nitrogens with one attached hydrogen (secondary N) is 1. The van der Waals surface area contributed by atoms with Crippen molar-refractivity contribution in [2.24, 2.45) is 0 Å². The van der Waals surface area contributed by atoms with Crippen molar-refractivity contribution in [1.29, 1.82) is 0 Å². The van der Waals surface area contributed by atoms with Crippen molar-refractivity contribution >= 4 is 28.7 Å². The lowest BCUT2D eigenvalue weighted by atomic mass is 10.3. The number of hydrogen-bond acceptors (Lipinski definition) is 4. The summed E-state index contributed by atoms with van der Waals surface area (Å²) in [5.74, 6) is 0. The molecule has 0 spiro atoms. The lowest BCUT2D eigenvalue weighted by molar-refractivity contribution is 0.537. The quantitative estimate of drug-likeness (QED) is 0.597. The molecule has 0 saturated heterocycles. The van der Waals surface area contributed by atoms with Gasteiger partial charge >= 0.3 is 0 Å². The van der Waals surface area contributed by atoms with E-state index < -0.39 is 11.1 Å². The summed E-state index contributed by atoms with van der Waals surface area (Å²) < 4.78 is 24.0. The first-order valence-corrected chi connectivity index (χ1v) is 5.52. The molecule has 0 radical (unpaired) electrons. The lowest BCUT2D eigenvalue weighted by Crippen LogP contribution is -1.90. The molecule has 1 atom stereocenters. The van der Waals surface area contributed by atoms with Crippen LogP contribution in [-0.4, -0.2) is 15.0 Å². The van der Waals surface area contributed by atoms with Gasteiger partial charge in [-0.15, -0.1) is 0 Å². The number of benzene rings is 1. The molecule has 1 N–H and O–H groups in total. The third-order valence-electron chi connectivity index (χ3n) is 1.25. The molecule has 12 heavy (non-hydrogen) atoms. The summed E-state index contributed by atoms with van der Waals surface area (Å²) in [5.41, 5.74) is 0.796. The topological polar surface area (TPSA) is 52.2 Å². The van der Waals surface area contributed by atoms with Gasteiger partial charge in [0, 0.05) is 16.8 Å². The second-order valence-corrected chi connectivity index (χ2v) is 3.62. The molecule has 0 saturated carbocycles. The van der Waals surface area contributed by atoms with Crippen LogP contribution in [0.2, 0.25) is 0 Å². The summed E-state index contributed by atoms with van der Waals surface area (Å²) in [5, 5.41) is 0. The zero-order valence-corrected chi connectivity index (χ0v) is 8.08. The fourth-order valence-corrected chi connectivity index (χ4v) is 1.56. The van der Waals surface area contributed by atoms with E-state index in [9.17, 15) is 8.76 Å². The molecule has 1 aromatic carbocycles. The largest absolute Gasteiger partial charge is 0.768 e. The number of anilines is 1. The first-order valence-electron chi connectivity index (χ1n) is 3.22. The van der Waals surface area contributed by atoms with Crippen LogP contribution in [0, 0.1) is 0 Å². The second kappa shape index (κ2) is 4.49. The highest BCUT2D eigenvalue weighted by Crippen LogP contribution is 2.15. The molecule has 3 nitrogen and oxygen atoms in total. The van der Waals surface area contributed by atoms with E-state index in [1.54, 1.807) is 18.2 Å². The Morgan fingerprint density at radius 3 is 2.92 bits per heavy atom. The van der Waals surface area contributed by atoms with Crippen molar-refractivity contribution in [2.45, 2.75) is 4.90 Å². The van der Waals surface area contributed by atoms with Crippen LogP contribution in [-0.2, 0) is 11.1 Å². The van der Waals surface area contributed by atoms with E-state index >= 15 is 0 Å². The summed E-state index contributed by atoms with van der Waals surface area (Å²) in [6, 6.07) is 6.64. The number of hydrogen-bond donors (Lipinski definition) is 1. The van der Waals surface area contributed by atoms with Gasteiger partial charge in [-0.25, -0.2) is 0 Å². The Bertz CT molecular complexity index is 290. The second-order valence-electron chi connectivity index (χ2n) is 2.07. The van der Waals surface area contributed by atoms with Crippen molar-refractivity contribution in [3.63, 3.8) is 0 Å². The third kappa shape index (κ3) is 2.51. The highest BCUT2D eigenvalue weighted by molar-refractivity contribution is 7.99. The van der Waals surface area contributed by atoms with Crippen LogP contribution in [0.25, 0.3) is 0 Å². The summed E-state index contributed by atoms with van der Waals surface area (Å²) in [7, 11) is 0. The zero-order chi connectivity index (χ0) is 8.97. The minimum absolute atomic E-state index is 0.300. The molecule has 0 aliphatic rings. The van der Waals surface area contributed by atoms with Gasteiger partial charge in [-0.1, -0.05) is 18.0 Å². The first kappa shape index (κ1) is 9.57. The van der Waals surface area contributed by atoms with Gasteiger partial charge in [-0.2, -0.15) is 0 Å². The average molecular weight is 202 g/mol. The Hall–Kier alpha value is -0.520. The maximum absolute atomic E-state index is 10.5. The van der Waals surface area contributed by atoms with E-state index in [2.05, 4.69) is 4.72 Å². The van der Waals surface area contributed by atoms with E-state index in [4.69, 9.17) is 0 Å². The normalized spacial score (nSPS) is 12.5. The van der Waals surface area contributed by atoms with Crippen LogP contribution in [0.3, 0.4) is 0 Å². The van der Waals surface area contributed by atoms with Crippen LogP contribution in [0.1, 0.15) is 0 Å². The van der Waals surface area contributed by atoms with Gasteiger partial charge in [-0.3, -0.25) is 4.21 Å². The Morgan fingerprint density at radius 1 is 1.58 bits per heavy atom. The molecule has 0 bridgehead atoms. The first-order chi connectivity index (χ1) is 5.74. The molecular formula is C7H8NO2S2-. The van der Waals surface area contributed by atoms with Gasteiger partial charge in [0.1, 0.15) is 0 Å². The lowest BCUT2D eigenvalue weighted by Gasteiger charge is -2.07. The Balaban J connectivity index is 2.88. The molecule has 1 aromatic rings. The molecule has 0 aromatic heterocycles. The maximum Gasteiger partial charge on any atom is 0.0451 e. The van der Waals surface area contributed by atoms with E-state index in [0.717, 1.165) is 5.69 Å². The van der Waals surface area contributed by atoms with Crippen molar-refractivity contribution in [3.05, 3.63) is 24.3 Å². The molecule has 0 aliphatic carbocycles. The van der Waals surface area contributed by atoms with Crippen molar-refractivity contribution < 1.29 is 8.76 Å². The molecular weight excluding hydrogens is 194 g/mol. The summed E-state index contributed by atoms with van der Waals surface area (Å²) >= 11 is -0.718. The Morgan fingerprint density at radius 2 is 2.33 bits per heavy atom. The van der Waals surface area contributed by atoms with Gasteiger partial charge in [0.15, 0.2) is 0 Å². The predicted octanol–water partition coefficient (Wildman–Crippen LogP) is 1.61. The van der Waals surface area contributed by atoms with E-state index in [1.807, 2.05) is 12.3 Å². The van der Waals surface area contributed by atoms with Gasteiger partial charge < -0.3 is 9.27 Å². The van der Waals surface area contributed by atoms with Crippen LogP contribution in [0.15, 0.2) is 29.2 Å². The molecule has 0 fully saturated rings. The summed E-state index contributed by atoms with van der Waals surface area (Å²) in [6.07, 6.45) is 1.88. The molecule has 0 heterocycles. The fraction of sp³-hybridized carbons (Fsp3) is 0.143. The Labute approximate surface area is 78.0 Å². The van der Waals surface area contributed by atoms with Crippen LogP contribution in [0.4, 0.5) is 5.69 Å².